The lowest BCUT2D eigenvalue weighted by Crippen LogP contribution is -2.20. The fourth-order valence-corrected chi connectivity index (χ4v) is 2.51. The van der Waals surface area contributed by atoms with E-state index < -0.39 is 5.91 Å². The lowest BCUT2D eigenvalue weighted by molar-refractivity contribution is -0.124. The van der Waals surface area contributed by atoms with Crippen molar-refractivity contribution in [2.24, 2.45) is 5.10 Å². The van der Waals surface area contributed by atoms with E-state index in [9.17, 15) is 9.59 Å². The van der Waals surface area contributed by atoms with Gasteiger partial charge in [0.1, 0.15) is 0 Å². The van der Waals surface area contributed by atoms with Gasteiger partial charge in [0, 0.05) is 29.1 Å². The van der Waals surface area contributed by atoms with Crippen LogP contribution in [0.25, 0.3) is 0 Å². The van der Waals surface area contributed by atoms with Crippen molar-refractivity contribution in [1.82, 2.24) is 5.43 Å². The Hall–Kier alpha value is -2.08. The number of carbonyl (C=O) groups is 2. The number of aryl methyl sites for hydroxylation is 1. The Morgan fingerprint density at radius 3 is 2.50 bits per heavy atom. The van der Waals surface area contributed by atoms with Crippen LogP contribution in [-0.2, 0) is 9.59 Å². The van der Waals surface area contributed by atoms with E-state index >= 15 is 0 Å². The highest BCUT2D eigenvalue weighted by atomic mass is 35.5. The van der Waals surface area contributed by atoms with Crippen LogP contribution in [0.1, 0.15) is 24.0 Å². The zero-order chi connectivity index (χ0) is 19.1. The molecule has 0 bridgehead atoms. The van der Waals surface area contributed by atoms with Crippen molar-refractivity contribution in [3.63, 3.8) is 0 Å². The Labute approximate surface area is 166 Å². The Bertz CT molecular complexity index is 854. The monoisotopic (exact) mass is 411 g/mol. The number of anilines is 1. The van der Waals surface area contributed by atoms with E-state index in [4.69, 9.17) is 34.8 Å². The van der Waals surface area contributed by atoms with E-state index in [-0.39, 0.29) is 18.7 Å². The number of benzene rings is 2. The van der Waals surface area contributed by atoms with Crippen LogP contribution in [0, 0.1) is 6.92 Å². The molecule has 2 N–H and O–H groups in total. The Morgan fingerprint density at radius 1 is 1.04 bits per heavy atom. The van der Waals surface area contributed by atoms with E-state index in [2.05, 4.69) is 15.8 Å². The van der Waals surface area contributed by atoms with Gasteiger partial charge in [-0.3, -0.25) is 9.59 Å². The number of amides is 2. The first kappa shape index (κ1) is 20.2. The second-order valence-electron chi connectivity index (χ2n) is 5.45. The number of hydrazone groups is 1. The zero-order valence-corrected chi connectivity index (χ0v) is 16.1. The van der Waals surface area contributed by atoms with Crippen LogP contribution in [-0.4, -0.2) is 18.0 Å². The second kappa shape index (κ2) is 9.57. The van der Waals surface area contributed by atoms with Gasteiger partial charge in [-0.2, -0.15) is 5.10 Å². The molecule has 0 saturated carbocycles. The third-order valence-electron chi connectivity index (χ3n) is 3.41. The first-order valence-corrected chi connectivity index (χ1v) is 8.82. The summed E-state index contributed by atoms with van der Waals surface area (Å²) in [5, 5.41) is 7.81. The van der Waals surface area contributed by atoms with Crippen molar-refractivity contribution in [3.05, 3.63) is 62.6 Å². The topological polar surface area (TPSA) is 70.6 Å². The average molecular weight is 413 g/mol. The summed E-state index contributed by atoms with van der Waals surface area (Å²) in [4.78, 5) is 23.6. The Balaban J connectivity index is 1.79. The molecule has 2 aromatic carbocycles. The Morgan fingerprint density at radius 2 is 1.77 bits per heavy atom. The minimum atomic E-state index is -0.392. The zero-order valence-electron chi connectivity index (χ0n) is 13.9. The van der Waals surface area contributed by atoms with Crippen LogP contribution in [0.15, 0.2) is 41.5 Å². The van der Waals surface area contributed by atoms with Crippen molar-refractivity contribution in [2.75, 3.05) is 5.32 Å². The predicted molar refractivity (Wildman–Crippen MR) is 106 cm³/mol. The number of hydrogen-bond donors (Lipinski definition) is 2. The van der Waals surface area contributed by atoms with Gasteiger partial charge in [0.25, 0.3) is 0 Å². The molecule has 5 nitrogen and oxygen atoms in total. The highest BCUT2D eigenvalue weighted by Crippen LogP contribution is 2.24. The van der Waals surface area contributed by atoms with Crippen LogP contribution in [0.4, 0.5) is 5.69 Å². The maximum atomic E-state index is 11.9. The van der Waals surface area contributed by atoms with Crippen LogP contribution in [0.5, 0.6) is 0 Å². The van der Waals surface area contributed by atoms with Gasteiger partial charge in [0.05, 0.1) is 16.3 Å². The van der Waals surface area contributed by atoms with Crippen LogP contribution in [0.3, 0.4) is 0 Å². The molecule has 2 amide bonds. The fraction of sp³-hybridized carbons (Fsp3) is 0.167. The van der Waals surface area contributed by atoms with Crippen molar-refractivity contribution < 1.29 is 9.59 Å². The summed E-state index contributed by atoms with van der Waals surface area (Å²) < 4.78 is 0. The van der Waals surface area contributed by atoms with Gasteiger partial charge in [0.2, 0.25) is 11.8 Å². The molecule has 26 heavy (non-hydrogen) atoms. The third kappa shape index (κ3) is 6.02. The predicted octanol–water partition coefficient (Wildman–Crippen LogP) is 4.82. The molecular weight excluding hydrogens is 397 g/mol. The third-order valence-corrected chi connectivity index (χ3v) is 4.65. The minimum absolute atomic E-state index is 0.00789. The fourth-order valence-electron chi connectivity index (χ4n) is 1.97. The number of hydrogen-bond acceptors (Lipinski definition) is 3. The summed E-state index contributed by atoms with van der Waals surface area (Å²) in [7, 11) is 0. The first-order chi connectivity index (χ1) is 12.4. The van der Waals surface area contributed by atoms with E-state index in [0.29, 0.717) is 26.3 Å². The van der Waals surface area contributed by atoms with Gasteiger partial charge in [0.15, 0.2) is 0 Å². The summed E-state index contributed by atoms with van der Waals surface area (Å²) in [5.74, 6) is -0.682. The summed E-state index contributed by atoms with van der Waals surface area (Å²) in [6.45, 7) is 1.87. The van der Waals surface area contributed by atoms with Crippen molar-refractivity contribution in [1.29, 1.82) is 0 Å². The second-order valence-corrected chi connectivity index (χ2v) is 6.64. The molecular formula is C18H16Cl3N3O2. The molecule has 0 unspecified atom stereocenters. The first-order valence-electron chi connectivity index (χ1n) is 7.68. The molecule has 8 heteroatoms. The molecule has 2 rings (SSSR count). The summed E-state index contributed by atoms with van der Waals surface area (Å²) >= 11 is 17.9. The van der Waals surface area contributed by atoms with Crippen molar-refractivity contribution >= 4 is 58.5 Å². The maximum Gasteiger partial charge on any atom is 0.240 e. The molecule has 0 aliphatic carbocycles. The Kier molecular flexibility index (Phi) is 7.45. The molecule has 0 fully saturated rings. The van der Waals surface area contributed by atoms with Crippen LogP contribution < -0.4 is 10.7 Å². The lowest BCUT2D eigenvalue weighted by atomic mass is 10.2. The molecule has 0 saturated heterocycles. The molecule has 2 aromatic rings. The van der Waals surface area contributed by atoms with Gasteiger partial charge in [-0.1, -0.05) is 53.0 Å². The van der Waals surface area contributed by atoms with Gasteiger partial charge in [-0.25, -0.2) is 5.43 Å². The highest BCUT2D eigenvalue weighted by Gasteiger charge is 2.08. The van der Waals surface area contributed by atoms with Gasteiger partial charge >= 0.3 is 0 Å². The normalized spacial score (nSPS) is 10.8. The van der Waals surface area contributed by atoms with Crippen molar-refractivity contribution in [2.45, 2.75) is 19.8 Å². The average Bonchev–Trinajstić information content (AvgIpc) is 2.60. The van der Waals surface area contributed by atoms with E-state index in [1.165, 1.54) is 6.21 Å². The summed E-state index contributed by atoms with van der Waals surface area (Å²) in [6, 6.07) is 10.3. The minimum Gasteiger partial charge on any atom is -0.326 e. The molecule has 0 atom stereocenters. The summed E-state index contributed by atoms with van der Waals surface area (Å²) in [5.41, 5.74) is 4.42. The summed E-state index contributed by atoms with van der Waals surface area (Å²) in [6.07, 6.45) is 1.40. The molecule has 0 aliphatic heterocycles. The van der Waals surface area contributed by atoms with Gasteiger partial charge in [-0.15, -0.1) is 0 Å². The van der Waals surface area contributed by atoms with E-state index in [0.717, 1.165) is 5.56 Å². The number of carbonyl (C=O) groups excluding carboxylic acids is 2. The number of nitrogens with one attached hydrogen (secondary N) is 2. The molecule has 0 radical (unpaired) electrons. The molecule has 0 spiro atoms. The quantitative estimate of drug-likeness (QED) is 0.527. The van der Waals surface area contributed by atoms with E-state index in [1.54, 1.807) is 36.4 Å². The van der Waals surface area contributed by atoms with E-state index in [1.807, 2.05) is 6.92 Å². The lowest BCUT2D eigenvalue weighted by Gasteiger charge is -2.06. The largest absolute Gasteiger partial charge is 0.326 e. The number of halogens is 3. The molecule has 0 aromatic heterocycles. The van der Waals surface area contributed by atoms with Crippen molar-refractivity contribution in [3.8, 4) is 0 Å². The molecule has 136 valence electrons. The number of rotatable bonds is 6. The molecule has 0 aliphatic rings. The molecule has 0 heterocycles. The standard InChI is InChI=1S/C18H16Cl3N3O2/c1-11-5-6-13(9-15(11)20)23-16(25)7-8-17(26)24-22-10-12-3-2-4-14(19)18(12)21/h2-6,9-10H,7-8H2,1H3,(H,23,25)(H,24,26). The highest BCUT2D eigenvalue weighted by molar-refractivity contribution is 6.43. The van der Waals surface area contributed by atoms with Crippen LogP contribution >= 0.6 is 34.8 Å². The van der Waals surface area contributed by atoms with Gasteiger partial charge in [-0.05, 0) is 30.7 Å². The maximum absolute atomic E-state index is 11.9. The SMILES string of the molecule is Cc1ccc(NC(=O)CCC(=O)NN=Cc2cccc(Cl)c2Cl)cc1Cl. The van der Waals surface area contributed by atoms with Gasteiger partial charge < -0.3 is 5.32 Å². The smallest absolute Gasteiger partial charge is 0.240 e. The van der Waals surface area contributed by atoms with Crippen LogP contribution in [0.2, 0.25) is 15.1 Å². The number of nitrogens with zero attached hydrogens (tertiary/aromatic N) is 1.